The molecule has 1 aliphatic rings. The molecule has 0 bridgehead atoms. The molecule has 0 spiro atoms. The third kappa shape index (κ3) is 2.96. The highest BCUT2D eigenvalue weighted by Gasteiger charge is 2.37. The fourth-order valence-corrected chi connectivity index (χ4v) is 2.09. The molecule has 0 saturated carbocycles. The lowest BCUT2D eigenvalue weighted by atomic mass is 10.1. The zero-order chi connectivity index (χ0) is 15.6. The molecule has 1 saturated heterocycles. The van der Waals surface area contributed by atoms with E-state index in [4.69, 9.17) is 10.5 Å². The van der Waals surface area contributed by atoms with Gasteiger partial charge in [0.15, 0.2) is 0 Å². The summed E-state index contributed by atoms with van der Waals surface area (Å²) in [4.78, 5) is 36.2. The number of hydrogen-bond acceptors (Lipinski definition) is 5. The number of anilines is 1. The number of nitrogens with zero attached hydrogens (tertiary/aromatic N) is 1. The molecule has 0 aromatic heterocycles. The van der Waals surface area contributed by atoms with E-state index in [9.17, 15) is 14.4 Å². The number of ether oxygens (including phenoxy) is 1. The average Bonchev–Trinajstić information content (AvgIpc) is 2.68. The second-order valence-corrected chi connectivity index (χ2v) is 4.71. The Bertz CT molecular complexity index is 600. The van der Waals surface area contributed by atoms with Crippen LogP contribution in [0.25, 0.3) is 0 Å². The van der Waals surface area contributed by atoms with Gasteiger partial charge in [-0.3, -0.25) is 19.3 Å². The Morgan fingerprint density at radius 1 is 1.48 bits per heavy atom. The van der Waals surface area contributed by atoms with Crippen LogP contribution >= 0.6 is 0 Å². The van der Waals surface area contributed by atoms with Crippen molar-refractivity contribution in [2.45, 2.75) is 19.4 Å². The van der Waals surface area contributed by atoms with E-state index in [0.717, 1.165) is 4.90 Å². The van der Waals surface area contributed by atoms with Crippen LogP contribution in [0, 0.1) is 0 Å². The second kappa shape index (κ2) is 5.82. The Kier molecular flexibility index (Phi) is 4.11. The van der Waals surface area contributed by atoms with Crippen molar-refractivity contribution in [1.82, 2.24) is 10.2 Å². The van der Waals surface area contributed by atoms with Gasteiger partial charge in [-0.25, -0.2) is 0 Å². The highest BCUT2D eigenvalue weighted by molar-refractivity contribution is 6.08. The molecule has 1 fully saturated rings. The molecule has 1 heterocycles. The quantitative estimate of drug-likeness (QED) is 0.607. The summed E-state index contributed by atoms with van der Waals surface area (Å²) in [6.45, 7) is 2.31. The first-order valence-electron chi connectivity index (χ1n) is 6.57. The minimum Gasteiger partial charge on any atom is -0.492 e. The van der Waals surface area contributed by atoms with Gasteiger partial charge in [0.05, 0.1) is 18.7 Å². The lowest BCUT2D eigenvalue weighted by Gasteiger charge is -2.12. The Labute approximate surface area is 122 Å². The van der Waals surface area contributed by atoms with Gasteiger partial charge >= 0.3 is 0 Å². The predicted molar refractivity (Wildman–Crippen MR) is 75.7 cm³/mol. The largest absolute Gasteiger partial charge is 0.492 e. The third-order valence-electron chi connectivity index (χ3n) is 3.26. The first-order valence-corrected chi connectivity index (χ1v) is 6.57. The average molecular weight is 291 g/mol. The van der Waals surface area contributed by atoms with E-state index in [1.165, 1.54) is 13.1 Å². The number of carbonyl (C=O) groups excluding carboxylic acids is 3. The first-order chi connectivity index (χ1) is 9.93. The molecule has 7 nitrogen and oxygen atoms in total. The Morgan fingerprint density at radius 3 is 2.71 bits per heavy atom. The number of benzene rings is 1. The monoisotopic (exact) mass is 291 g/mol. The van der Waals surface area contributed by atoms with E-state index in [-0.39, 0.29) is 12.3 Å². The van der Waals surface area contributed by atoms with Crippen LogP contribution in [0.4, 0.5) is 5.69 Å². The number of nitrogens with two attached hydrogens (primary N) is 1. The van der Waals surface area contributed by atoms with Crippen LogP contribution in [0.15, 0.2) is 18.2 Å². The number of likely N-dealkylation sites (tertiary alicyclic amines) is 1. The van der Waals surface area contributed by atoms with Crippen LogP contribution in [-0.2, 0) is 9.59 Å². The zero-order valence-corrected chi connectivity index (χ0v) is 11.9. The van der Waals surface area contributed by atoms with Gasteiger partial charge in [0.2, 0.25) is 5.91 Å². The molecule has 112 valence electrons. The highest BCUT2D eigenvalue weighted by Crippen LogP contribution is 2.22. The minimum atomic E-state index is -0.817. The minimum absolute atomic E-state index is 0.0203. The Balaban J connectivity index is 2.09. The number of likely N-dealkylation sites (N-methyl/N-ethyl adjacent to an activating group) is 1. The van der Waals surface area contributed by atoms with E-state index >= 15 is 0 Å². The van der Waals surface area contributed by atoms with Crippen molar-refractivity contribution in [3.8, 4) is 5.75 Å². The lowest BCUT2D eigenvalue weighted by molar-refractivity contribution is -0.137. The Hall–Kier alpha value is -2.57. The maximum atomic E-state index is 12.1. The summed E-state index contributed by atoms with van der Waals surface area (Å²) < 4.78 is 5.29. The number of nitrogen functional groups attached to an aromatic ring is 1. The second-order valence-electron chi connectivity index (χ2n) is 4.71. The third-order valence-corrected chi connectivity index (χ3v) is 3.26. The van der Waals surface area contributed by atoms with E-state index in [1.54, 1.807) is 12.1 Å². The van der Waals surface area contributed by atoms with Gasteiger partial charge in [-0.1, -0.05) is 0 Å². The molecule has 3 N–H and O–H groups in total. The van der Waals surface area contributed by atoms with Crippen molar-refractivity contribution in [3.63, 3.8) is 0 Å². The SMILES string of the molecule is CCOc1ccc(C(=O)NC2CC(=O)N(C)C2=O)cc1N. The molecule has 7 heteroatoms. The predicted octanol–water partition coefficient (Wildman–Crippen LogP) is 0.155. The van der Waals surface area contributed by atoms with Crippen molar-refractivity contribution in [1.29, 1.82) is 0 Å². The van der Waals surface area contributed by atoms with Gasteiger partial charge in [0.1, 0.15) is 11.8 Å². The molecular formula is C14H17N3O4. The molecule has 1 atom stereocenters. The van der Waals surface area contributed by atoms with E-state index in [0.29, 0.717) is 23.6 Å². The fraction of sp³-hybridized carbons (Fsp3) is 0.357. The summed E-state index contributed by atoms with van der Waals surface area (Å²) >= 11 is 0. The molecule has 21 heavy (non-hydrogen) atoms. The number of amides is 3. The van der Waals surface area contributed by atoms with Gasteiger partial charge in [-0.05, 0) is 25.1 Å². The van der Waals surface area contributed by atoms with E-state index < -0.39 is 17.9 Å². The number of carbonyl (C=O) groups is 3. The summed E-state index contributed by atoms with van der Waals surface area (Å²) in [7, 11) is 1.39. The number of rotatable bonds is 4. The van der Waals surface area contributed by atoms with Crippen molar-refractivity contribution in [2.24, 2.45) is 0 Å². The first kappa shape index (κ1) is 14.8. The Morgan fingerprint density at radius 2 is 2.19 bits per heavy atom. The molecule has 1 unspecified atom stereocenters. The summed E-state index contributed by atoms with van der Waals surface area (Å²) in [6, 6.07) is 3.82. The molecule has 2 rings (SSSR count). The summed E-state index contributed by atoms with van der Waals surface area (Å²) in [5.74, 6) is -0.670. The molecule has 1 aromatic carbocycles. The van der Waals surface area contributed by atoms with Gasteiger partial charge in [0, 0.05) is 12.6 Å². The number of nitrogens with one attached hydrogen (secondary N) is 1. The molecule has 1 aromatic rings. The van der Waals surface area contributed by atoms with Gasteiger partial charge in [-0.15, -0.1) is 0 Å². The van der Waals surface area contributed by atoms with Crippen LogP contribution in [0.3, 0.4) is 0 Å². The van der Waals surface area contributed by atoms with Crippen LogP contribution in [0.1, 0.15) is 23.7 Å². The van der Waals surface area contributed by atoms with Crippen LogP contribution in [-0.4, -0.2) is 42.3 Å². The van der Waals surface area contributed by atoms with Crippen LogP contribution in [0.2, 0.25) is 0 Å². The topological polar surface area (TPSA) is 102 Å². The molecule has 0 radical (unpaired) electrons. The molecule has 3 amide bonds. The summed E-state index contributed by atoms with van der Waals surface area (Å²) in [5, 5.41) is 2.54. The smallest absolute Gasteiger partial charge is 0.252 e. The highest BCUT2D eigenvalue weighted by atomic mass is 16.5. The molecule has 0 aliphatic carbocycles. The van der Waals surface area contributed by atoms with Crippen LogP contribution < -0.4 is 15.8 Å². The summed E-state index contributed by atoms with van der Waals surface area (Å²) in [6.07, 6.45) is -0.0203. The number of imide groups is 1. The standard InChI is InChI=1S/C14H17N3O4/c1-3-21-11-5-4-8(6-9(11)15)13(19)16-10-7-12(18)17(2)14(10)20/h4-6,10H,3,7,15H2,1-2H3,(H,16,19). The maximum absolute atomic E-state index is 12.1. The molecular weight excluding hydrogens is 274 g/mol. The van der Waals surface area contributed by atoms with E-state index in [1.807, 2.05) is 6.92 Å². The normalized spacial score (nSPS) is 18.0. The van der Waals surface area contributed by atoms with Crippen molar-refractivity contribution in [3.05, 3.63) is 23.8 Å². The van der Waals surface area contributed by atoms with Gasteiger partial charge < -0.3 is 15.8 Å². The van der Waals surface area contributed by atoms with Crippen molar-refractivity contribution in [2.75, 3.05) is 19.4 Å². The van der Waals surface area contributed by atoms with Gasteiger partial charge in [-0.2, -0.15) is 0 Å². The maximum Gasteiger partial charge on any atom is 0.252 e. The lowest BCUT2D eigenvalue weighted by Crippen LogP contribution is -2.40. The van der Waals surface area contributed by atoms with Crippen molar-refractivity contribution < 1.29 is 19.1 Å². The van der Waals surface area contributed by atoms with E-state index in [2.05, 4.69) is 5.32 Å². The number of hydrogen-bond donors (Lipinski definition) is 2. The van der Waals surface area contributed by atoms with Crippen molar-refractivity contribution >= 4 is 23.4 Å². The fourth-order valence-electron chi connectivity index (χ4n) is 2.09. The zero-order valence-electron chi connectivity index (χ0n) is 11.9. The van der Waals surface area contributed by atoms with Gasteiger partial charge in [0.25, 0.3) is 11.8 Å². The molecule has 1 aliphatic heterocycles. The summed E-state index contributed by atoms with van der Waals surface area (Å²) in [5.41, 5.74) is 6.44. The van der Waals surface area contributed by atoms with Crippen LogP contribution in [0.5, 0.6) is 5.75 Å².